The maximum atomic E-state index is 13.0. The van der Waals surface area contributed by atoms with Crippen LogP contribution in [0, 0.1) is 5.92 Å². The molecule has 2 amide bonds. The second-order valence-corrected chi connectivity index (χ2v) is 8.74. The number of carbonyl (C=O) groups excluding carboxylic acids is 2. The van der Waals surface area contributed by atoms with Gasteiger partial charge < -0.3 is 9.84 Å². The minimum absolute atomic E-state index is 0.0689. The van der Waals surface area contributed by atoms with Gasteiger partial charge in [-0.1, -0.05) is 26.0 Å². The first kappa shape index (κ1) is 22.4. The molecule has 0 bridgehead atoms. The lowest BCUT2D eigenvalue weighted by Crippen LogP contribution is -2.55. The van der Waals surface area contributed by atoms with Gasteiger partial charge in [0.1, 0.15) is 5.60 Å². The number of amides is 2. The van der Waals surface area contributed by atoms with Crippen LogP contribution in [0.2, 0.25) is 0 Å². The van der Waals surface area contributed by atoms with Crippen molar-refractivity contribution in [2.24, 2.45) is 10.9 Å². The molecule has 1 aliphatic heterocycles. The normalized spacial score (nSPS) is 19.8. The van der Waals surface area contributed by atoms with Crippen molar-refractivity contribution in [1.29, 1.82) is 0 Å². The van der Waals surface area contributed by atoms with E-state index in [1.54, 1.807) is 32.9 Å². The number of carboxylic acid groups (broad SMARTS) is 1. The minimum Gasteiger partial charge on any atom is -0.478 e. The van der Waals surface area contributed by atoms with E-state index in [9.17, 15) is 19.5 Å². The van der Waals surface area contributed by atoms with E-state index in [-0.39, 0.29) is 36.3 Å². The van der Waals surface area contributed by atoms with Crippen molar-refractivity contribution in [2.75, 3.05) is 0 Å². The number of hydrogen-bond donors (Lipinski definition) is 2. The highest BCUT2D eigenvalue weighted by Gasteiger charge is 2.40. The first-order valence-electron chi connectivity index (χ1n) is 9.53. The van der Waals surface area contributed by atoms with Crippen molar-refractivity contribution in [3.05, 3.63) is 35.4 Å². The van der Waals surface area contributed by atoms with E-state index < -0.39 is 23.2 Å². The molecule has 1 aromatic rings. The summed E-state index contributed by atoms with van der Waals surface area (Å²) in [5, 5.41) is 11.8. The number of hydrogen-bond acceptors (Lipinski definition) is 5. The van der Waals surface area contributed by atoms with Gasteiger partial charge in [-0.2, -0.15) is 0 Å². The molecule has 1 atom stereocenters. The zero-order valence-electron chi connectivity index (χ0n) is 17.8. The Morgan fingerprint density at radius 2 is 2.00 bits per heavy atom. The minimum atomic E-state index is -1.05. The average molecular weight is 403 g/mol. The Balaban J connectivity index is 2.36. The fourth-order valence-electron chi connectivity index (χ4n) is 2.83. The maximum absolute atomic E-state index is 13.0. The highest BCUT2D eigenvalue weighted by Crippen LogP contribution is 2.30. The van der Waals surface area contributed by atoms with Crippen molar-refractivity contribution < 1.29 is 24.2 Å². The third-order valence-corrected chi connectivity index (χ3v) is 4.80. The Hall–Kier alpha value is -2.90. The summed E-state index contributed by atoms with van der Waals surface area (Å²) in [5.41, 5.74) is -0.630. The predicted molar refractivity (Wildman–Crippen MR) is 109 cm³/mol. The highest BCUT2D eigenvalue weighted by molar-refractivity contribution is 6.05. The lowest BCUT2D eigenvalue weighted by atomic mass is 9.84. The molecule has 0 aliphatic carbocycles. The molecule has 1 unspecified atom stereocenters. The van der Waals surface area contributed by atoms with E-state index in [2.05, 4.69) is 10.3 Å². The molecule has 8 heteroatoms. The number of aliphatic imine (C=N–C) groups is 1. The zero-order valence-corrected chi connectivity index (χ0v) is 17.8. The van der Waals surface area contributed by atoms with Crippen LogP contribution in [0.15, 0.2) is 29.3 Å². The molecule has 1 aromatic carbocycles. The fourth-order valence-corrected chi connectivity index (χ4v) is 2.83. The van der Waals surface area contributed by atoms with Crippen LogP contribution < -0.4 is 5.32 Å². The molecule has 0 saturated heterocycles. The van der Waals surface area contributed by atoms with E-state index >= 15 is 0 Å². The van der Waals surface area contributed by atoms with Crippen LogP contribution >= 0.6 is 0 Å². The van der Waals surface area contributed by atoms with E-state index in [0.717, 1.165) is 0 Å². The standard InChI is InChI=1S/C21H29N3O5/c1-13(2)21(6)11-16(25)24(12-14-8-7-9-15(10-14)17(26)27)18(23-21)22-19(28)29-20(3,4)5/h7-10,13H,11-12H2,1-6H3,(H,26,27)(H,22,23,28). The van der Waals surface area contributed by atoms with Gasteiger partial charge in [0.05, 0.1) is 24.1 Å². The zero-order chi connectivity index (χ0) is 22.0. The quantitative estimate of drug-likeness (QED) is 0.801. The second kappa shape index (κ2) is 8.23. The first-order valence-corrected chi connectivity index (χ1v) is 9.53. The van der Waals surface area contributed by atoms with Gasteiger partial charge in [0, 0.05) is 0 Å². The molecule has 2 N–H and O–H groups in total. The summed E-state index contributed by atoms with van der Waals surface area (Å²) in [6.45, 7) is 11.1. The van der Waals surface area contributed by atoms with Crippen LogP contribution in [-0.4, -0.2) is 45.1 Å². The predicted octanol–water partition coefficient (Wildman–Crippen LogP) is 3.41. The number of benzene rings is 1. The molecular weight excluding hydrogens is 374 g/mol. The number of nitrogens with one attached hydrogen (secondary N) is 1. The Labute approximate surface area is 170 Å². The molecule has 0 fully saturated rings. The molecule has 0 radical (unpaired) electrons. The fraction of sp³-hybridized carbons (Fsp3) is 0.524. The molecule has 29 heavy (non-hydrogen) atoms. The number of alkyl carbamates (subject to hydrolysis) is 1. The van der Waals surface area contributed by atoms with Crippen LogP contribution in [0.4, 0.5) is 4.79 Å². The number of aromatic carboxylic acids is 1. The summed E-state index contributed by atoms with van der Waals surface area (Å²) in [7, 11) is 0. The first-order chi connectivity index (χ1) is 13.3. The van der Waals surface area contributed by atoms with Crippen LogP contribution in [-0.2, 0) is 16.1 Å². The van der Waals surface area contributed by atoms with Gasteiger partial charge in [-0.25, -0.2) is 14.6 Å². The van der Waals surface area contributed by atoms with Crippen molar-refractivity contribution in [3.8, 4) is 0 Å². The molecule has 1 heterocycles. The summed E-state index contributed by atoms with van der Waals surface area (Å²) in [6, 6.07) is 6.31. The summed E-state index contributed by atoms with van der Waals surface area (Å²) < 4.78 is 5.31. The van der Waals surface area contributed by atoms with Gasteiger partial charge in [0.15, 0.2) is 0 Å². The number of carbonyl (C=O) groups is 3. The van der Waals surface area contributed by atoms with E-state index in [4.69, 9.17) is 4.74 Å². The third-order valence-electron chi connectivity index (χ3n) is 4.80. The van der Waals surface area contributed by atoms with Crippen LogP contribution in [0.1, 0.15) is 63.9 Å². The maximum Gasteiger partial charge on any atom is 0.414 e. The van der Waals surface area contributed by atoms with Gasteiger partial charge in [0.2, 0.25) is 11.9 Å². The van der Waals surface area contributed by atoms with Crippen LogP contribution in [0.3, 0.4) is 0 Å². The lowest BCUT2D eigenvalue weighted by molar-refractivity contribution is -0.130. The van der Waals surface area contributed by atoms with Gasteiger partial charge in [0.25, 0.3) is 0 Å². The number of guanidine groups is 1. The summed E-state index contributed by atoms with van der Waals surface area (Å²) in [4.78, 5) is 42.5. The summed E-state index contributed by atoms with van der Waals surface area (Å²) in [5.74, 6) is -1.08. The van der Waals surface area contributed by atoms with Gasteiger partial charge in [-0.05, 0) is 51.3 Å². The van der Waals surface area contributed by atoms with Gasteiger partial charge in [-0.15, -0.1) is 0 Å². The van der Waals surface area contributed by atoms with Crippen LogP contribution in [0.5, 0.6) is 0 Å². The smallest absolute Gasteiger partial charge is 0.414 e. The lowest BCUT2D eigenvalue weighted by Gasteiger charge is -2.38. The van der Waals surface area contributed by atoms with E-state index in [1.165, 1.54) is 17.0 Å². The Morgan fingerprint density at radius 1 is 1.34 bits per heavy atom. The Kier molecular flexibility index (Phi) is 6.35. The highest BCUT2D eigenvalue weighted by atomic mass is 16.6. The molecule has 0 spiro atoms. The average Bonchev–Trinajstić information content (AvgIpc) is 2.56. The van der Waals surface area contributed by atoms with Crippen LogP contribution in [0.25, 0.3) is 0 Å². The summed E-state index contributed by atoms with van der Waals surface area (Å²) in [6.07, 6.45) is -0.524. The number of rotatable bonds is 4. The second-order valence-electron chi connectivity index (χ2n) is 8.74. The molecule has 8 nitrogen and oxygen atoms in total. The Morgan fingerprint density at radius 3 is 2.55 bits per heavy atom. The Bertz CT molecular complexity index is 841. The molecule has 0 saturated carbocycles. The molecular formula is C21H29N3O5. The van der Waals surface area contributed by atoms with Crippen molar-refractivity contribution in [3.63, 3.8) is 0 Å². The molecule has 0 aromatic heterocycles. The SMILES string of the molecule is CC(C)C1(C)CC(=O)N(Cc2cccc(C(=O)O)c2)C(NC(=O)OC(C)(C)C)=N1. The molecule has 1 aliphatic rings. The van der Waals surface area contributed by atoms with Gasteiger partial charge in [-0.3, -0.25) is 15.0 Å². The topological polar surface area (TPSA) is 108 Å². The number of nitrogens with zero attached hydrogens (tertiary/aromatic N) is 2. The van der Waals surface area contributed by atoms with E-state index in [0.29, 0.717) is 5.56 Å². The monoisotopic (exact) mass is 403 g/mol. The van der Waals surface area contributed by atoms with Crippen molar-refractivity contribution in [2.45, 2.75) is 65.6 Å². The summed E-state index contributed by atoms with van der Waals surface area (Å²) >= 11 is 0. The molecule has 158 valence electrons. The van der Waals surface area contributed by atoms with E-state index in [1.807, 2.05) is 20.8 Å². The van der Waals surface area contributed by atoms with Crippen molar-refractivity contribution in [1.82, 2.24) is 10.2 Å². The molecule has 2 rings (SSSR count). The third kappa shape index (κ3) is 5.79. The largest absolute Gasteiger partial charge is 0.478 e. The number of carboxylic acids is 1. The van der Waals surface area contributed by atoms with Gasteiger partial charge >= 0.3 is 12.1 Å². The van der Waals surface area contributed by atoms with Crippen molar-refractivity contribution >= 4 is 23.9 Å². The number of ether oxygens (including phenoxy) is 1.